The molecule has 85 heavy (non-hydrogen) atoms. The molecule has 11 aromatic rings. The lowest BCUT2D eigenvalue weighted by molar-refractivity contribution is 0.793. The first-order valence-corrected chi connectivity index (χ1v) is 29.8. The Labute approximate surface area is 503 Å². The van der Waals surface area contributed by atoms with E-state index in [1.165, 1.54) is 89.0 Å². The van der Waals surface area contributed by atoms with E-state index in [0.29, 0.717) is 0 Å². The molecule has 0 saturated heterocycles. The smallest absolute Gasteiger partial charge is 0.0728 e. The molecule has 416 valence electrons. The van der Waals surface area contributed by atoms with Gasteiger partial charge in [0, 0.05) is 68.3 Å². The second kappa shape index (κ2) is 22.0. The molecule has 0 unspecified atom stereocenters. The van der Waals surface area contributed by atoms with E-state index in [2.05, 4.69) is 344 Å². The van der Waals surface area contributed by atoms with E-state index in [0.717, 1.165) is 68.3 Å². The number of anilines is 11. The summed E-state index contributed by atoms with van der Waals surface area (Å²) in [7, 11) is 0. The summed E-state index contributed by atoms with van der Waals surface area (Å²) in [6.45, 7) is 21.7. The number of hydrogen-bond acceptors (Lipinski definition) is 4. The average Bonchev–Trinajstić information content (AvgIpc) is 1.52. The van der Waals surface area contributed by atoms with E-state index in [9.17, 15) is 0 Å². The topological polar surface area (TPSA) is 13.0 Å². The van der Waals surface area contributed by atoms with E-state index in [1.807, 2.05) is 0 Å². The number of hydrogen-bond donors (Lipinski definition) is 0. The van der Waals surface area contributed by atoms with Gasteiger partial charge >= 0.3 is 0 Å². The lowest BCUT2D eigenvalue weighted by Gasteiger charge is -2.35. The molecule has 13 rings (SSSR count). The first-order valence-electron chi connectivity index (χ1n) is 29.8. The molecule has 4 heteroatoms. The van der Waals surface area contributed by atoms with E-state index in [4.69, 9.17) is 0 Å². The van der Waals surface area contributed by atoms with Crippen LogP contribution in [-0.2, 0) is 5.41 Å². The molecule has 0 aromatic heterocycles. The number of allylic oxidation sites excluding steroid dienone is 4. The molecule has 2 aliphatic carbocycles. The van der Waals surface area contributed by atoms with Gasteiger partial charge in [0.2, 0.25) is 0 Å². The highest BCUT2D eigenvalue weighted by molar-refractivity contribution is 5.99. The van der Waals surface area contributed by atoms with Gasteiger partial charge in [0.05, 0.1) is 5.41 Å². The summed E-state index contributed by atoms with van der Waals surface area (Å²) >= 11 is 0. The van der Waals surface area contributed by atoms with Crippen LogP contribution in [0, 0.1) is 48.5 Å². The second-order valence-corrected chi connectivity index (χ2v) is 23.9. The third kappa shape index (κ3) is 9.92. The summed E-state index contributed by atoms with van der Waals surface area (Å²) in [5.74, 6) is 0. The fourth-order valence-corrected chi connectivity index (χ4v) is 12.9. The summed E-state index contributed by atoms with van der Waals surface area (Å²) in [5.41, 5.74) is 32.0. The molecule has 0 saturated carbocycles. The predicted octanol–water partition coefficient (Wildman–Crippen LogP) is 22.6. The number of nitrogens with zero attached hydrogens (tertiary/aromatic N) is 4. The summed E-state index contributed by atoms with van der Waals surface area (Å²) in [4.78, 5) is 9.76. The van der Waals surface area contributed by atoms with Crippen molar-refractivity contribution in [2.45, 2.75) is 74.7 Å². The monoisotopic (exact) mass is 1100 g/mol. The Balaban J connectivity index is 1.15. The molecule has 0 atom stereocenters. The van der Waals surface area contributed by atoms with Gasteiger partial charge in [-0.2, -0.15) is 0 Å². The van der Waals surface area contributed by atoms with Crippen LogP contribution >= 0.6 is 0 Å². The maximum atomic E-state index is 2.53. The van der Waals surface area contributed by atoms with Crippen molar-refractivity contribution in [1.82, 2.24) is 0 Å². The van der Waals surface area contributed by atoms with Crippen LogP contribution in [-0.4, -0.2) is 0 Å². The van der Waals surface area contributed by atoms with Gasteiger partial charge in [0.1, 0.15) is 0 Å². The van der Waals surface area contributed by atoms with Crippen LogP contribution in [0.3, 0.4) is 0 Å². The van der Waals surface area contributed by atoms with Crippen molar-refractivity contribution in [3.05, 3.63) is 327 Å². The predicted molar refractivity (Wildman–Crippen MR) is 362 cm³/mol. The van der Waals surface area contributed by atoms with Crippen LogP contribution in [0.1, 0.15) is 82.0 Å². The zero-order valence-electron chi connectivity index (χ0n) is 50.5. The molecule has 11 aromatic carbocycles. The van der Waals surface area contributed by atoms with Crippen LogP contribution < -0.4 is 19.6 Å². The molecule has 0 heterocycles. The van der Waals surface area contributed by atoms with Crippen molar-refractivity contribution in [3.8, 4) is 22.3 Å². The normalized spacial score (nSPS) is 12.5. The maximum absolute atomic E-state index is 2.53. The van der Waals surface area contributed by atoms with E-state index >= 15 is 0 Å². The van der Waals surface area contributed by atoms with Crippen molar-refractivity contribution < 1.29 is 0 Å². The highest BCUT2D eigenvalue weighted by Gasteiger charge is 2.53. The number of aryl methyl sites for hydroxylation is 7. The van der Waals surface area contributed by atoms with Crippen molar-refractivity contribution in [1.29, 1.82) is 0 Å². The van der Waals surface area contributed by atoms with Gasteiger partial charge in [-0.05, 0) is 253 Å². The molecule has 0 aliphatic heterocycles. The molecular formula is C81H72N4. The lowest BCUT2D eigenvalue weighted by atomic mass is 9.70. The molecule has 0 amide bonds. The Morgan fingerprint density at radius 2 is 0.459 bits per heavy atom. The Morgan fingerprint density at radius 1 is 0.247 bits per heavy atom. The first-order chi connectivity index (χ1) is 41.2. The highest BCUT2D eigenvalue weighted by Crippen LogP contribution is 2.65. The van der Waals surface area contributed by atoms with Crippen LogP contribution in [0.2, 0.25) is 0 Å². The zero-order chi connectivity index (χ0) is 58.7. The fourth-order valence-electron chi connectivity index (χ4n) is 12.9. The minimum absolute atomic E-state index is 0.839. The van der Waals surface area contributed by atoms with Gasteiger partial charge in [-0.1, -0.05) is 160 Å². The van der Waals surface area contributed by atoms with Gasteiger partial charge in [-0.3, -0.25) is 0 Å². The van der Waals surface area contributed by atoms with E-state index in [-0.39, 0.29) is 0 Å². The Kier molecular flexibility index (Phi) is 14.1. The fraction of sp³-hybridized carbons (Fsp3) is 0.136. The number of fused-ring (bicyclic) bond motifs is 10. The third-order valence-corrected chi connectivity index (χ3v) is 17.3. The van der Waals surface area contributed by atoms with Gasteiger partial charge in [0.25, 0.3) is 0 Å². The molecular weight excluding hydrogens is 1030 g/mol. The van der Waals surface area contributed by atoms with Crippen LogP contribution in [0.4, 0.5) is 62.6 Å². The molecule has 0 fully saturated rings. The quantitative estimate of drug-likeness (QED) is 0.107. The summed E-state index contributed by atoms with van der Waals surface area (Å²) in [6.07, 6.45) is 4.49. The Bertz CT molecular complexity index is 3920. The molecule has 0 radical (unpaired) electrons. The van der Waals surface area contributed by atoms with Crippen LogP contribution in [0.25, 0.3) is 22.3 Å². The standard InChI is InChI=1S/C81H72N4/c1-53(2)11-26-61(10)82(62-27-12-54(3)13-28-62)69-41-45-73-74-46-42-70(83(63-29-14-55(4)15-30-63)64-31-16-56(5)17-32-64)50-78(74)81(77(73)49-69)79-51-71(84(65-33-18-57(6)19-34-65)66-35-20-58(7)21-36-66)43-47-75(79)76-48-44-72(52-80(76)81)85(67-37-22-59(8)23-38-67)68-39-24-60(9)25-40-68/h11-52H,1-10H3/b61-26+. The average molecular weight is 1100 g/mol. The Morgan fingerprint density at radius 3 is 0.706 bits per heavy atom. The largest absolute Gasteiger partial charge is 0.315 e. The minimum Gasteiger partial charge on any atom is -0.315 e. The molecule has 1 spiro atoms. The van der Waals surface area contributed by atoms with E-state index in [1.54, 1.807) is 0 Å². The SMILES string of the molecule is CC(C)=C/C=C(\C)N(c1ccc(C)cc1)c1ccc2c(c1)C1(c3cc(N(c4ccc(C)cc4)c4ccc(C)cc4)ccc3-2)c2cc(N(c3ccc(C)cc3)c3ccc(C)cc3)ccc2-c2ccc(N(c3ccc(C)cc3)c3ccc(C)cc3)cc21. The van der Waals surface area contributed by atoms with Gasteiger partial charge in [-0.15, -0.1) is 0 Å². The molecule has 4 nitrogen and oxygen atoms in total. The van der Waals surface area contributed by atoms with Gasteiger partial charge in [-0.25, -0.2) is 0 Å². The third-order valence-electron chi connectivity index (χ3n) is 17.3. The van der Waals surface area contributed by atoms with Crippen molar-refractivity contribution in [3.63, 3.8) is 0 Å². The molecule has 2 aliphatic rings. The van der Waals surface area contributed by atoms with Crippen LogP contribution in [0.5, 0.6) is 0 Å². The summed E-state index contributed by atoms with van der Waals surface area (Å²) < 4.78 is 0. The maximum Gasteiger partial charge on any atom is 0.0728 e. The first kappa shape index (κ1) is 54.4. The van der Waals surface area contributed by atoms with Crippen LogP contribution in [0.15, 0.2) is 266 Å². The second-order valence-electron chi connectivity index (χ2n) is 23.9. The lowest BCUT2D eigenvalue weighted by Crippen LogP contribution is -2.27. The number of rotatable bonds is 13. The highest BCUT2D eigenvalue weighted by atomic mass is 15.2. The van der Waals surface area contributed by atoms with Crippen molar-refractivity contribution in [2.75, 3.05) is 19.6 Å². The van der Waals surface area contributed by atoms with Crippen molar-refractivity contribution in [2.24, 2.45) is 0 Å². The van der Waals surface area contributed by atoms with Gasteiger partial charge in [0.15, 0.2) is 0 Å². The van der Waals surface area contributed by atoms with E-state index < -0.39 is 5.41 Å². The number of benzene rings is 11. The Hall–Kier alpha value is -9.90. The summed E-state index contributed by atoms with van der Waals surface area (Å²) in [6, 6.07) is 92.0. The minimum atomic E-state index is -0.839. The zero-order valence-corrected chi connectivity index (χ0v) is 50.5. The summed E-state index contributed by atoms with van der Waals surface area (Å²) in [5, 5.41) is 0. The molecule has 0 N–H and O–H groups in total. The van der Waals surface area contributed by atoms with Gasteiger partial charge < -0.3 is 19.6 Å². The molecule has 0 bridgehead atoms. The van der Waals surface area contributed by atoms with Crippen molar-refractivity contribution >= 4 is 62.6 Å².